The van der Waals surface area contributed by atoms with Crippen LogP contribution in [0.1, 0.15) is 18.4 Å². The Morgan fingerprint density at radius 1 is 0.688 bits per heavy atom. The molecule has 0 saturated heterocycles. The molecular weight excluding hydrogens is 229 g/mol. The largest absolute Gasteiger partial charge is 0.330 e. The molecule has 0 unspecified atom stereocenters. The van der Waals surface area contributed by atoms with E-state index in [0.29, 0.717) is 13.0 Å². The summed E-state index contributed by atoms with van der Waals surface area (Å²) in [7, 11) is 0. The second-order valence-electron chi connectivity index (χ2n) is 3.29. The molecule has 0 aliphatic rings. The van der Waals surface area contributed by atoms with Gasteiger partial charge < -0.3 is 5.73 Å². The zero-order chi connectivity index (χ0) is 12.3. The highest BCUT2D eigenvalue weighted by Crippen LogP contribution is 2.24. The van der Waals surface area contributed by atoms with Gasteiger partial charge in [0.2, 0.25) is 5.82 Å². The molecule has 0 amide bonds. The van der Waals surface area contributed by atoms with Crippen LogP contribution in [0.25, 0.3) is 0 Å². The molecule has 0 radical (unpaired) electrons. The molecule has 0 saturated carbocycles. The first kappa shape index (κ1) is 12.9. The second kappa shape index (κ2) is 5.25. The standard InChI is InChI=1S/C10H10F5N/c11-6-5(3-1-2-4-16)7(12)9(14)10(15)8(6)13/h1-4,16H2. The number of benzene rings is 1. The number of unbranched alkanes of at least 4 members (excludes halogenated alkanes) is 1. The molecule has 90 valence electrons. The predicted octanol–water partition coefficient (Wildman–Crippen LogP) is 2.66. The van der Waals surface area contributed by atoms with Gasteiger partial charge in [-0.2, -0.15) is 0 Å². The summed E-state index contributed by atoms with van der Waals surface area (Å²) in [4.78, 5) is 0. The van der Waals surface area contributed by atoms with E-state index < -0.39 is 34.6 Å². The van der Waals surface area contributed by atoms with Gasteiger partial charge >= 0.3 is 0 Å². The van der Waals surface area contributed by atoms with Crippen molar-refractivity contribution in [1.82, 2.24) is 0 Å². The maximum atomic E-state index is 13.1. The van der Waals surface area contributed by atoms with Crippen LogP contribution in [0.2, 0.25) is 0 Å². The molecule has 0 bridgehead atoms. The molecule has 1 rings (SSSR count). The van der Waals surface area contributed by atoms with Crippen LogP contribution in [-0.4, -0.2) is 6.54 Å². The first-order valence-corrected chi connectivity index (χ1v) is 4.71. The lowest BCUT2D eigenvalue weighted by Gasteiger charge is -2.07. The van der Waals surface area contributed by atoms with E-state index in [2.05, 4.69) is 0 Å². The van der Waals surface area contributed by atoms with E-state index >= 15 is 0 Å². The van der Waals surface area contributed by atoms with Crippen LogP contribution in [0.4, 0.5) is 22.0 Å². The minimum atomic E-state index is -2.13. The minimum Gasteiger partial charge on any atom is -0.330 e. The lowest BCUT2D eigenvalue weighted by molar-refractivity contribution is 0.369. The molecule has 1 aromatic carbocycles. The number of hydrogen-bond donors (Lipinski definition) is 1. The summed E-state index contributed by atoms with van der Waals surface area (Å²) >= 11 is 0. The molecule has 2 N–H and O–H groups in total. The van der Waals surface area contributed by atoms with E-state index in [1.54, 1.807) is 0 Å². The lowest BCUT2D eigenvalue weighted by Crippen LogP contribution is -2.08. The zero-order valence-corrected chi connectivity index (χ0v) is 8.30. The molecule has 0 fully saturated rings. The average Bonchev–Trinajstić information content (AvgIpc) is 2.28. The molecule has 1 nitrogen and oxygen atoms in total. The van der Waals surface area contributed by atoms with Crippen molar-refractivity contribution in [2.75, 3.05) is 6.54 Å². The molecule has 16 heavy (non-hydrogen) atoms. The third-order valence-electron chi connectivity index (χ3n) is 2.18. The van der Waals surface area contributed by atoms with Crippen molar-refractivity contribution in [3.63, 3.8) is 0 Å². The highest BCUT2D eigenvalue weighted by atomic mass is 19.2. The average molecular weight is 239 g/mol. The maximum Gasteiger partial charge on any atom is 0.200 e. The van der Waals surface area contributed by atoms with Gasteiger partial charge in [-0.05, 0) is 25.8 Å². The van der Waals surface area contributed by atoms with Crippen molar-refractivity contribution in [3.8, 4) is 0 Å². The van der Waals surface area contributed by atoms with Gasteiger partial charge in [-0.15, -0.1) is 0 Å². The van der Waals surface area contributed by atoms with E-state index in [4.69, 9.17) is 5.73 Å². The van der Waals surface area contributed by atoms with Crippen LogP contribution < -0.4 is 5.73 Å². The molecule has 0 aliphatic carbocycles. The van der Waals surface area contributed by atoms with Crippen LogP contribution in [0.5, 0.6) is 0 Å². The minimum absolute atomic E-state index is 0.219. The van der Waals surface area contributed by atoms with E-state index in [1.807, 2.05) is 0 Å². The zero-order valence-electron chi connectivity index (χ0n) is 8.30. The maximum absolute atomic E-state index is 13.1. The Balaban J connectivity index is 3.08. The fourth-order valence-electron chi connectivity index (χ4n) is 1.32. The van der Waals surface area contributed by atoms with Crippen molar-refractivity contribution >= 4 is 0 Å². The van der Waals surface area contributed by atoms with E-state index in [1.165, 1.54) is 0 Å². The van der Waals surface area contributed by atoms with Gasteiger partial charge in [-0.25, -0.2) is 22.0 Å². The lowest BCUT2D eigenvalue weighted by atomic mass is 10.1. The highest BCUT2D eigenvalue weighted by Gasteiger charge is 2.24. The summed E-state index contributed by atoms with van der Waals surface area (Å²) in [5.41, 5.74) is 4.38. The SMILES string of the molecule is NCCCCc1c(F)c(F)c(F)c(F)c1F. The van der Waals surface area contributed by atoms with Crippen molar-refractivity contribution < 1.29 is 22.0 Å². The monoisotopic (exact) mass is 239 g/mol. The van der Waals surface area contributed by atoms with Crippen molar-refractivity contribution in [2.24, 2.45) is 5.73 Å². The van der Waals surface area contributed by atoms with Crippen LogP contribution in [0, 0.1) is 29.1 Å². The van der Waals surface area contributed by atoms with Crippen molar-refractivity contribution in [1.29, 1.82) is 0 Å². The van der Waals surface area contributed by atoms with Gasteiger partial charge in [0.1, 0.15) is 0 Å². The molecule has 0 aliphatic heterocycles. The molecule has 0 heterocycles. The summed E-state index contributed by atoms with van der Waals surface area (Å²) in [6, 6.07) is 0. The van der Waals surface area contributed by atoms with Crippen LogP contribution in [0.15, 0.2) is 0 Å². The Morgan fingerprint density at radius 3 is 1.56 bits per heavy atom. The summed E-state index contributed by atoms with van der Waals surface area (Å²) in [6.07, 6.45) is 0.511. The fraction of sp³-hybridized carbons (Fsp3) is 0.400. The predicted molar refractivity (Wildman–Crippen MR) is 48.2 cm³/mol. The molecule has 0 aromatic heterocycles. The molecule has 6 heteroatoms. The molecule has 1 aromatic rings. The molecule has 0 atom stereocenters. The Hall–Kier alpha value is -1.17. The first-order chi connectivity index (χ1) is 7.50. The van der Waals surface area contributed by atoms with E-state index in [9.17, 15) is 22.0 Å². The quantitative estimate of drug-likeness (QED) is 0.371. The second-order valence-corrected chi connectivity index (χ2v) is 3.29. The molecular formula is C10H10F5N. The molecule has 0 spiro atoms. The van der Waals surface area contributed by atoms with Crippen LogP contribution >= 0.6 is 0 Å². The van der Waals surface area contributed by atoms with Gasteiger partial charge in [0, 0.05) is 5.56 Å². The Kier molecular flexibility index (Phi) is 4.23. The highest BCUT2D eigenvalue weighted by molar-refractivity contribution is 5.24. The summed E-state index contributed by atoms with van der Waals surface area (Å²) in [6.45, 7) is 0.301. The van der Waals surface area contributed by atoms with Crippen LogP contribution in [-0.2, 0) is 6.42 Å². The Labute approximate surface area is 89.1 Å². The number of nitrogens with two attached hydrogens (primary N) is 1. The van der Waals surface area contributed by atoms with Crippen LogP contribution in [0.3, 0.4) is 0 Å². The normalized spacial score (nSPS) is 10.9. The van der Waals surface area contributed by atoms with Gasteiger partial charge in [-0.3, -0.25) is 0 Å². The third kappa shape index (κ3) is 2.32. The number of rotatable bonds is 4. The van der Waals surface area contributed by atoms with Crippen molar-refractivity contribution in [3.05, 3.63) is 34.6 Å². The number of halogens is 5. The fourth-order valence-corrected chi connectivity index (χ4v) is 1.32. The van der Waals surface area contributed by atoms with E-state index in [0.717, 1.165) is 0 Å². The Morgan fingerprint density at radius 2 is 1.12 bits per heavy atom. The van der Waals surface area contributed by atoms with E-state index in [-0.39, 0.29) is 12.8 Å². The Bertz CT molecular complexity index is 362. The summed E-state index contributed by atoms with van der Waals surface area (Å²) < 4.78 is 64.2. The van der Waals surface area contributed by atoms with Gasteiger partial charge in [0.25, 0.3) is 0 Å². The third-order valence-corrected chi connectivity index (χ3v) is 2.18. The smallest absolute Gasteiger partial charge is 0.200 e. The topological polar surface area (TPSA) is 26.0 Å². The van der Waals surface area contributed by atoms with Gasteiger partial charge in [-0.1, -0.05) is 0 Å². The summed E-state index contributed by atoms with van der Waals surface area (Å²) in [5, 5.41) is 0. The van der Waals surface area contributed by atoms with Gasteiger partial charge in [0.05, 0.1) is 0 Å². The van der Waals surface area contributed by atoms with Crippen molar-refractivity contribution in [2.45, 2.75) is 19.3 Å². The first-order valence-electron chi connectivity index (χ1n) is 4.71. The number of hydrogen-bond acceptors (Lipinski definition) is 1. The van der Waals surface area contributed by atoms with Gasteiger partial charge in [0.15, 0.2) is 23.3 Å². The summed E-state index contributed by atoms with van der Waals surface area (Å²) in [5.74, 6) is -9.44.